The van der Waals surface area contributed by atoms with Crippen LogP contribution < -0.4 is 0 Å². The van der Waals surface area contributed by atoms with Gasteiger partial charge in [-0.2, -0.15) is 0 Å². The molecule has 0 unspecified atom stereocenters. The van der Waals surface area contributed by atoms with E-state index in [4.69, 9.17) is 11.6 Å². The van der Waals surface area contributed by atoms with E-state index >= 15 is 0 Å². The Morgan fingerprint density at radius 3 is 2.23 bits per heavy atom. The van der Waals surface area contributed by atoms with Gasteiger partial charge in [0.25, 0.3) is 11.8 Å². The molecule has 164 valence electrons. The lowest BCUT2D eigenvalue weighted by Gasteiger charge is -2.15. The number of hydrogen-bond donors (Lipinski definition) is 0. The van der Waals surface area contributed by atoms with E-state index in [1.54, 1.807) is 12.1 Å². The number of unbranched alkanes of at least 4 members (excludes halogenated alkanes) is 5. The average molecular weight is 456 g/mol. The van der Waals surface area contributed by atoms with Crippen LogP contribution in [0.3, 0.4) is 0 Å². The van der Waals surface area contributed by atoms with Gasteiger partial charge in [0.05, 0.1) is 10.5 Å². The molecule has 2 aromatic rings. The van der Waals surface area contributed by atoms with Gasteiger partial charge in [-0.05, 0) is 55.7 Å². The lowest BCUT2D eigenvalue weighted by molar-refractivity contribution is -0.136. The second kappa shape index (κ2) is 11.0. The number of imide groups is 1. The van der Waals surface area contributed by atoms with Crippen LogP contribution in [-0.2, 0) is 9.59 Å². The zero-order chi connectivity index (χ0) is 22.4. The van der Waals surface area contributed by atoms with Gasteiger partial charge in [0.2, 0.25) is 0 Å². The molecular weight excluding hydrogens is 426 g/mol. The molecular formula is C26H30ClNO2S. The highest BCUT2D eigenvalue weighted by Gasteiger charge is 2.39. The summed E-state index contributed by atoms with van der Waals surface area (Å²) in [6.45, 7) is 6.69. The van der Waals surface area contributed by atoms with Gasteiger partial charge in [-0.15, -0.1) is 0 Å². The fraction of sp³-hybridized carbons (Fsp3) is 0.385. The highest BCUT2D eigenvalue weighted by molar-refractivity contribution is 8.04. The van der Waals surface area contributed by atoms with Crippen LogP contribution in [0.5, 0.6) is 0 Å². The van der Waals surface area contributed by atoms with E-state index < -0.39 is 0 Å². The minimum Gasteiger partial charge on any atom is -0.274 e. The van der Waals surface area contributed by atoms with Crippen LogP contribution in [0.1, 0.15) is 62.1 Å². The molecule has 0 aromatic heterocycles. The Bertz CT molecular complexity index is 981. The second-order valence-corrected chi connectivity index (χ2v) is 9.63. The molecule has 0 spiro atoms. The van der Waals surface area contributed by atoms with E-state index in [9.17, 15) is 9.59 Å². The minimum absolute atomic E-state index is 0.179. The van der Waals surface area contributed by atoms with Crippen LogP contribution in [0.4, 0.5) is 0 Å². The summed E-state index contributed by atoms with van der Waals surface area (Å²) in [5.41, 5.74) is 3.50. The Labute approximate surface area is 194 Å². The van der Waals surface area contributed by atoms with Crippen molar-refractivity contribution in [1.82, 2.24) is 4.90 Å². The van der Waals surface area contributed by atoms with Crippen LogP contribution in [-0.4, -0.2) is 23.3 Å². The summed E-state index contributed by atoms with van der Waals surface area (Å²) in [6, 6.07) is 13.4. The van der Waals surface area contributed by atoms with Crippen LogP contribution in [0, 0.1) is 13.8 Å². The summed E-state index contributed by atoms with van der Waals surface area (Å²) < 4.78 is 0. The molecule has 1 heterocycles. The summed E-state index contributed by atoms with van der Waals surface area (Å²) >= 11 is 7.37. The molecule has 1 aliphatic rings. The number of hydrogen-bond acceptors (Lipinski definition) is 3. The lowest BCUT2D eigenvalue weighted by atomic mass is 9.99. The Morgan fingerprint density at radius 1 is 0.871 bits per heavy atom. The maximum Gasteiger partial charge on any atom is 0.268 e. The normalized spacial score (nSPS) is 14.1. The topological polar surface area (TPSA) is 37.4 Å². The number of rotatable bonds is 10. The summed E-state index contributed by atoms with van der Waals surface area (Å²) in [7, 11) is 0. The zero-order valence-electron chi connectivity index (χ0n) is 18.5. The van der Waals surface area contributed by atoms with Crippen LogP contribution in [0.2, 0.25) is 5.02 Å². The number of amides is 2. The van der Waals surface area contributed by atoms with Gasteiger partial charge in [-0.3, -0.25) is 14.5 Å². The summed E-state index contributed by atoms with van der Waals surface area (Å²) in [5, 5.41) is 0.645. The van der Waals surface area contributed by atoms with Gasteiger partial charge in [-0.25, -0.2) is 0 Å². The third-order valence-corrected chi connectivity index (χ3v) is 6.89. The molecule has 3 nitrogen and oxygen atoms in total. The zero-order valence-corrected chi connectivity index (χ0v) is 20.1. The molecule has 3 rings (SSSR count). The predicted octanol–water partition coefficient (Wildman–Crippen LogP) is 7.19. The van der Waals surface area contributed by atoms with Crippen molar-refractivity contribution in [3.8, 4) is 0 Å². The first-order valence-electron chi connectivity index (χ1n) is 11.0. The molecule has 0 N–H and O–H groups in total. The molecule has 2 amide bonds. The van der Waals surface area contributed by atoms with Gasteiger partial charge < -0.3 is 0 Å². The third kappa shape index (κ3) is 5.81. The van der Waals surface area contributed by atoms with E-state index in [-0.39, 0.29) is 11.8 Å². The molecule has 1 aliphatic heterocycles. The summed E-state index contributed by atoms with van der Waals surface area (Å²) in [4.78, 5) is 29.5. The highest BCUT2D eigenvalue weighted by atomic mass is 35.5. The number of carbonyl (C=O) groups is 2. The maximum absolute atomic E-state index is 13.4. The Morgan fingerprint density at radius 2 is 1.55 bits per heavy atom. The number of nitrogens with zero attached hydrogens (tertiary/aromatic N) is 1. The van der Waals surface area contributed by atoms with Gasteiger partial charge in [-0.1, -0.05) is 86.2 Å². The van der Waals surface area contributed by atoms with Crippen molar-refractivity contribution in [3.63, 3.8) is 0 Å². The number of thioether (sulfide) groups is 1. The molecule has 2 aromatic carbocycles. The van der Waals surface area contributed by atoms with E-state index in [0.717, 1.165) is 40.8 Å². The smallest absolute Gasteiger partial charge is 0.268 e. The number of benzene rings is 2. The van der Waals surface area contributed by atoms with Crippen molar-refractivity contribution >= 4 is 40.8 Å². The quantitative estimate of drug-likeness (QED) is 0.281. The van der Waals surface area contributed by atoms with E-state index in [0.29, 0.717) is 22.0 Å². The lowest BCUT2D eigenvalue weighted by Crippen LogP contribution is -2.32. The van der Waals surface area contributed by atoms with Gasteiger partial charge in [0.15, 0.2) is 0 Å². The van der Waals surface area contributed by atoms with Gasteiger partial charge in [0.1, 0.15) is 0 Å². The van der Waals surface area contributed by atoms with Crippen molar-refractivity contribution in [3.05, 3.63) is 69.1 Å². The van der Waals surface area contributed by atoms with E-state index in [1.807, 2.05) is 38.1 Å². The van der Waals surface area contributed by atoms with Crippen LogP contribution in [0.25, 0.3) is 5.57 Å². The Kier molecular flexibility index (Phi) is 8.39. The molecule has 31 heavy (non-hydrogen) atoms. The standard InChI is InChI=1S/C26H30ClNO2S/c1-4-5-6-7-8-9-16-28-25(29)23(22-15-10-18(2)17-19(22)3)24(26(28)30)31-21-13-11-20(27)12-14-21/h10-15,17H,4-9,16H2,1-3H3. The minimum atomic E-state index is -0.187. The summed E-state index contributed by atoms with van der Waals surface area (Å²) in [6.07, 6.45) is 6.69. The number of carbonyl (C=O) groups excluding carboxylic acids is 2. The van der Waals surface area contributed by atoms with Crippen LogP contribution >= 0.6 is 23.4 Å². The second-order valence-electron chi connectivity index (χ2n) is 8.11. The SMILES string of the molecule is CCCCCCCCN1C(=O)C(Sc2ccc(Cl)cc2)=C(c2ccc(C)cc2C)C1=O. The first-order valence-corrected chi connectivity index (χ1v) is 12.2. The molecule has 5 heteroatoms. The van der Waals surface area contributed by atoms with Crippen molar-refractivity contribution in [2.45, 2.75) is 64.2 Å². The van der Waals surface area contributed by atoms with Gasteiger partial charge >= 0.3 is 0 Å². The molecule has 0 aliphatic carbocycles. The average Bonchev–Trinajstić information content (AvgIpc) is 2.96. The van der Waals surface area contributed by atoms with Gasteiger partial charge in [0, 0.05) is 16.5 Å². The third-order valence-electron chi connectivity index (χ3n) is 5.55. The molecule has 0 radical (unpaired) electrons. The first kappa shape index (κ1) is 23.6. The molecule has 0 fully saturated rings. The fourth-order valence-electron chi connectivity index (χ4n) is 3.85. The maximum atomic E-state index is 13.4. The summed E-state index contributed by atoms with van der Waals surface area (Å²) in [5.74, 6) is -0.365. The fourth-order valence-corrected chi connectivity index (χ4v) is 4.98. The van der Waals surface area contributed by atoms with Crippen molar-refractivity contribution in [1.29, 1.82) is 0 Å². The van der Waals surface area contributed by atoms with Crippen molar-refractivity contribution < 1.29 is 9.59 Å². The number of halogens is 1. The van der Waals surface area contributed by atoms with Crippen molar-refractivity contribution in [2.75, 3.05) is 6.54 Å². The van der Waals surface area contributed by atoms with Crippen LogP contribution in [0.15, 0.2) is 52.3 Å². The molecule has 0 saturated carbocycles. The predicted molar refractivity (Wildman–Crippen MR) is 130 cm³/mol. The number of aryl methyl sites for hydroxylation is 2. The highest BCUT2D eigenvalue weighted by Crippen LogP contribution is 2.41. The molecule has 0 saturated heterocycles. The molecule has 0 bridgehead atoms. The molecule has 0 atom stereocenters. The van der Waals surface area contributed by atoms with E-state index in [2.05, 4.69) is 13.0 Å². The van der Waals surface area contributed by atoms with E-state index in [1.165, 1.54) is 35.9 Å². The first-order chi connectivity index (χ1) is 14.9. The Balaban J connectivity index is 1.86. The largest absolute Gasteiger partial charge is 0.274 e. The Hall–Kier alpha value is -2.04. The monoisotopic (exact) mass is 455 g/mol. The van der Waals surface area contributed by atoms with Crippen molar-refractivity contribution in [2.24, 2.45) is 0 Å².